The highest BCUT2D eigenvalue weighted by atomic mass is 16.5. The standard InChI is InChI=1S/C8H16N2O3/c1-3-9-4-5-10-8(12)6-13-7(2)11/h9H,3-6H2,1-2H3,(H,10,12). The molecule has 0 fully saturated rings. The third-order valence-electron chi connectivity index (χ3n) is 1.28. The molecule has 0 spiro atoms. The predicted molar refractivity (Wildman–Crippen MR) is 48.2 cm³/mol. The quantitative estimate of drug-likeness (QED) is 0.426. The van der Waals surface area contributed by atoms with Gasteiger partial charge in [0.05, 0.1) is 0 Å². The Kier molecular flexibility index (Phi) is 6.91. The molecule has 0 aliphatic rings. The fraction of sp³-hybridized carbons (Fsp3) is 0.750. The fourth-order valence-corrected chi connectivity index (χ4v) is 0.685. The van der Waals surface area contributed by atoms with Crippen molar-refractivity contribution in [1.29, 1.82) is 0 Å². The molecule has 0 aliphatic carbocycles. The minimum atomic E-state index is -0.443. The zero-order valence-corrected chi connectivity index (χ0v) is 8.05. The van der Waals surface area contributed by atoms with Gasteiger partial charge in [-0.1, -0.05) is 6.92 Å². The molecule has 5 nitrogen and oxygen atoms in total. The highest BCUT2D eigenvalue weighted by molar-refractivity contribution is 5.79. The summed E-state index contributed by atoms with van der Waals surface area (Å²) in [4.78, 5) is 21.2. The van der Waals surface area contributed by atoms with Crippen LogP contribution in [0.5, 0.6) is 0 Å². The van der Waals surface area contributed by atoms with Crippen LogP contribution in [0.3, 0.4) is 0 Å². The van der Waals surface area contributed by atoms with E-state index < -0.39 is 5.97 Å². The zero-order valence-electron chi connectivity index (χ0n) is 8.05. The number of rotatable bonds is 6. The third-order valence-corrected chi connectivity index (χ3v) is 1.28. The molecule has 5 heteroatoms. The SMILES string of the molecule is CCNCCNC(=O)COC(C)=O. The molecule has 0 saturated carbocycles. The zero-order chi connectivity index (χ0) is 10.1. The van der Waals surface area contributed by atoms with Gasteiger partial charge in [-0.15, -0.1) is 0 Å². The molecule has 0 rings (SSSR count). The van der Waals surface area contributed by atoms with E-state index in [0.717, 1.165) is 13.1 Å². The number of ether oxygens (including phenoxy) is 1. The molecule has 0 bridgehead atoms. The predicted octanol–water partition coefficient (Wildman–Crippen LogP) is -0.725. The minimum Gasteiger partial charge on any atom is -0.456 e. The van der Waals surface area contributed by atoms with Crippen LogP contribution in [0, 0.1) is 0 Å². The van der Waals surface area contributed by atoms with Gasteiger partial charge in [0.25, 0.3) is 5.91 Å². The van der Waals surface area contributed by atoms with Crippen LogP contribution in [0.15, 0.2) is 0 Å². The molecule has 2 N–H and O–H groups in total. The van der Waals surface area contributed by atoms with Crippen molar-refractivity contribution in [2.75, 3.05) is 26.2 Å². The van der Waals surface area contributed by atoms with Gasteiger partial charge in [0.2, 0.25) is 0 Å². The van der Waals surface area contributed by atoms with Gasteiger partial charge >= 0.3 is 5.97 Å². The Balaban J connectivity index is 3.25. The number of hydrogen-bond acceptors (Lipinski definition) is 4. The van der Waals surface area contributed by atoms with Crippen molar-refractivity contribution in [2.45, 2.75) is 13.8 Å². The van der Waals surface area contributed by atoms with Crippen LogP contribution in [0.1, 0.15) is 13.8 Å². The molecular formula is C8H16N2O3. The van der Waals surface area contributed by atoms with Crippen LogP contribution in [-0.2, 0) is 14.3 Å². The number of hydrogen-bond donors (Lipinski definition) is 2. The highest BCUT2D eigenvalue weighted by Crippen LogP contribution is 1.75. The van der Waals surface area contributed by atoms with Gasteiger partial charge in [-0.2, -0.15) is 0 Å². The Morgan fingerprint density at radius 3 is 2.54 bits per heavy atom. The van der Waals surface area contributed by atoms with Crippen LogP contribution >= 0.6 is 0 Å². The monoisotopic (exact) mass is 188 g/mol. The molecule has 0 saturated heterocycles. The largest absolute Gasteiger partial charge is 0.456 e. The normalized spacial score (nSPS) is 9.38. The summed E-state index contributed by atoms with van der Waals surface area (Å²) in [5.74, 6) is -0.713. The van der Waals surface area contributed by atoms with Crippen LogP contribution in [0.25, 0.3) is 0 Å². The van der Waals surface area contributed by atoms with E-state index in [1.807, 2.05) is 6.92 Å². The van der Waals surface area contributed by atoms with Gasteiger partial charge in [0.15, 0.2) is 6.61 Å². The van der Waals surface area contributed by atoms with Gasteiger partial charge in [-0.3, -0.25) is 9.59 Å². The number of carbonyl (C=O) groups is 2. The summed E-state index contributed by atoms with van der Waals surface area (Å²) in [5.41, 5.74) is 0. The molecule has 0 aromatic heterocycles. The number of likely N-dealkylation sites (N-methyl/N-ethyl adjacent to an activating group) is 1. The van der Waals surface area contributed by atoms with E-state index in [4.69, 9.17) is 0 Å². The van der Waals surface area contributed by atoms with E-state index in [0.29, 0.717) is 6.54 Å². The first kappa shape index (κ1) is 11.9. The van der Waals surface area contributed by atoms with Gasteiger partial charge in [-0.05, 0) is 6.54 Å². The summed E-state index contributed by atoms with van der Waals surface area (Å²) in [6.07, 6.45) is 0. The molecule has 0 unspecified atom stereocenters. The number of nitrogens with one attached hydrogen (secondary N) is 2. The summed E-state index contributed by atoms with van der Waals surface area (Å²) >= 11 is 0. The van der Waals surface area contributed by atoms with Crippen molar-refractivity contribution >= 4 is 11.9 Å². The van der Waals surface area contributed by atoms with Crippen molar-refractivity contribution < 1.29 is 14.3 Å². The van der Waals surface area contributed by atoms with E-state index in [-0.39, 0.29) is 12.5 Å². The molecule has 0 atom stereocenters. The van der Waals surface area contributed by atoms with Gasteiger partial charge < -0.3 is 15.4 Å². The first-order chi connectivity index (χ1) is 6.16. The second-order valence-corrected chi connectivity index (χ2v) is 2.48. The summed E-state index contributed by atoms with van der Waals surface area (Å²) < 4.78 is 4.49. The van der Waals surface area contributed by atoms with E-state index in [9.17, 15) is 9.59 Å². The molecule has 76 valence electrons. The summed E-state index contributed by atoms with van der Waals surface area (Å²) in [6, 6.07) is 0. The van der Waals surface area contributed by atoms with Crippen molar-refractivity contribution in [3.8, 4) is 0 Å². The Morgan fingerprint density at radius 2 is 2.00 bits per heavy atom. The number of carbonyl (C=O) groups excluding carboxylic acids is 2. The maximum absolute atomic E-state index is 10.9. The van der Waals surface area contributed by atoms with E-state index >= 15 is 0 Å². The molecule has 1 amide bonds. The van der Waals surface area contributed by atoms with Crippen molar-refractivity contribution in [3.63, 3.8) is 0 Å². The van der Waals surface area contributed by atoms with Crippen LogP contribution in [0.4, 0.5) is 0 Å². The molecule has 0 heterocycles. The van der Waals surface area contributed by atoms with Crippen molar-refractivity contribution in [2.24, 2.45) is 0 Å². The van der Waals surface area contributed by atoms with Crippen molar-refractivity contribution in [1.82, 2.24) is 10.6 Å². The Bertz CT molecular complexity index is 171. The summed E-state index contributed by atoms with van der Waals surface area (Å²) in [7, 11) is 0. The van der Waals surface area contributed by atoms with E-state index in [1.165, 1.54) is 6.92 Å². The first-order valence-corrected chi connectivity index (χ1v) is 4.27. The van der Waals surface area contributed by atoms with Crippen LogP contribution in [0.2, 0.25) is 0 Å². The van der Waals surface area contributed by atoms with Gasteiger partial charge in [-0.25, -0.2) is 0 Å². The van der Waals surface area contributed by atoms with E-state index in [2.05, 4.69) is 15.4 Å². The fourth-order valence-electron chi connectivity index (χ4n) is 0.685. The lowest BCUT2D eigenvalue weighted by Gasteiger charge is -2.04. The molecule has 13 heavy (non-hydrogen) atoms. The summed E-state index contributed by atoms with van der Waals surface area (Å²) in [6.45, 7) is 5.21. The minimum absolute atomic E-state index is 0.193. The van der Waals surface area contributed by atoms with E-state index in [1.54, 1.807) is 0 Å². The van der Waals surface area contributed by atoms with Crippen molar-refractivity contribution in [3.05, 3.63) is 0 Å². The van der Waals surface area contributed by atoms with Gasteiger partial charge in [0, 0.05) is 20.0 Å². The second kappa shape index (κ2) is 7.54. The first-order valence-electron chi connectivity index (χ1n) is 4.27. The molecular weight excluding hydrogens is 172 g/mol. The Labute approximate surface area is 77.8 Å². The Hall–Kier alpha value is -1.10. The van der Waals surface area contributed by atoms with Crippen LogP contribution in [-0.4, -0.2) is 38.1 Å². The highest BCUT2D eigenvalue weighted by Gasteiger charge is 2.01. The number of amides is 1. The summed E-state index contributed by atoms with van der Waals surface area (Å²) in [5, 5.41) is 5.64. The number of esters is 1. The maximum Gasteiger partial charge on any atom is 0.303 e. The van der Waals surface area contributed by atoms with Gasteiger partial charge in [0.1, 0.15) is 0 Å². The topological polar surface area (TPSA) is 67.4 Å². The molecule has 0 aromatic rings. The third kappa shape index (κ3) is 8.81. The molecule has 0 aliphatic heterocycles. The average Bonchev–Trinajstić information content (AvgIpc) is 2.09. The van der Waals surface area contributed by atoms with Crippen LogP contribution < -0.4 is 10.6 Å². The lowest BCUT2D eigenvalue weighted by atomic mass is 10.5. The Morgan fingerprint density at radius 1 is 1.31 bits per heavy atom. The lowest BCUT2D eigenvalue weighted by molar-refractivity contribution is -0.146. The second-order valence-electron chi connectivity index (χ2n) is 2.48. The lowest BCUT2D eigenvalue weighted by Crippen LogP contribution is -2.34. The average molecular weight is 188 g/mol. The maximum atomic E-state index is 10.9. The molecule has 0 aromatic carbocycles. The smallest absolute Gasteiger partial charge is 0.303 e. The molecule has 0 radical (unpaired) electrons.